The van der Waals surface area contributed by atoms with E-state index in [0.717, 1.165) is 23.2 Å². The number of benzene rings is 1. The van der Waals surface area contributed by atoms with Gasteiger partial charge in [0.05, 0.1) is 0 Å². The molecule has 0 spiro atoms. The Hall–Kier alpha value is -2.64. The minimum Gasteiger partial charge on any atom is -0.508 e. The number of thiophene rings is 1. The van der Waals surface area contributed by atoms with Crippen LogP contribution in [0, 0.1) is 13.8 Å². The van der Waals surface area contributed by atoms with Crippen molar-refractivity contribution in [1.29, 1.82) is 0 Å². The molecule has 0 amide bonds. The zero-order valence-electron chi connectivity index (χ0n) is 17.3. The highest BCUT2D eigenvalue weighted by atomic mass is 32.1. The van der Waals surface area contributed by atoms with Gasteiger partial charge in [-0.15, -0.1) is 0 Å². The quantitative estimate of drug-likeness (QED) is 0.529. The van der Waals surface area contributed by atoms with Crippen molar-refractivity contribution in [1.82, 2.24) is 14.9 Å². The molecule has 1 aromatic carbocycles. The predicted octanol–water partition coefficient (Wildman–Crippen LogP) is 3.33. The maximum atomic E-state index is 12.0. The molecule has 0 radical (unpaired) electrons. The van der Waals surface area contributed by atoms with Crippen LogP contribution < -0.4 is 10.9 Å². The monoisotopic (exact) mass is 412 g/mol. The van der Waals surface area contributed by atoms with Crippen LogP contribution in [-0.4, -0.2) is 46.7 Å². The number of phenols is 1. The van der Waals surface area contributed by atoms with E-state index in [2.05, 4.69) is 31.6 Å². The summed E-state index contributed by atoms with van der Waals surface area (Å²) in [6.45, 7) is 4.68. The molecule has 0 aliphatic carbocycles. The van der Waals surface area contributed by atoms with Crippen molar-refractivity contribution >= 4 is 17.3 Å². The average Bonchev–Trinajstić information content (AvgIpc) is 3.12. The summed E-state index contributed by atoms with van der Waals surface area (Å²) < 4.78 is 0. The number of aromatic amines is 1. The average molecular weight is 413 g/mol. The normalized spacial score (nSPS) is 12.3. The summed E-state index contributed by atoms with van der Waals surface area (Å²) in [5.41, 5.74) is 5.17. The third-order valence-electron chi connectivity index (χ3n) is 5.13. The highest BCUT2D eigenvalue weighted by Crippen LogP contribution is 2.23. The molecule has 0 aliphatic heterocycles. The highest BCUT2D eigenvalue weighted by Gasteiger charge is 2.16. The number of H-pyrrole nitrogens is 1. The molecule has 0 bridgehead atoms. The van der Waals surface area contributed by atoms with Gasteiger partial charge in [-0.2, -0.15) is 16.3 Å². The van der Waals surface area contributed by atoms with E-state index in [1.165, 1.54) is 11.1 Å². The van der Waals surface area contributed by atoms with Crippen LogP contribution in [0.3, 0.4) is 0 Å². The van der Waals surface area contributed by atoms with E-state index in [9.17, 15) is 9.90 Å². The number of rotatable bonds is 8. The first-order valence-electron chi connectivity index (χ1n) is 9.62. The number of hydrogen-bond donors (Lipinski definition) is 3. The van der Waals surface area contributed by atoms with Crippen LogP contribution in [0.2, 0.25) is 0 Å². The lowest BCUT2D eigenvalue weighted by molar-refractivity contribution is 0.302. The van der Waals surface area contributed by atoms with Gasteiger partial charge in [0, 0.05) is 30.8 Å². The van der Waals surface area contributed by atoms with E-state index in [-0.39, 0.29) is 11.6 Å². The molecule has 0 aliphatic rings. The van der Waals surface area contributed by atoms with E-state index >= 15 is 0 Å². The van der Waals surface area contributed by atoms with Gasteiger partial charge in [0.25, 0.3) is 5.56 Å². The predicted molar refractivity (Wildman–Crippen MR) is 119 cm³/mol. The first kappa shape index (κ1) is 21.1. The van der Waals surface area contributed by atoms with Crippen molar-refractivity contribution < 1.29 is 5.11 Å². The number of likely N-dealkylation sites (N-methyl/N-ethyl adjacent to an activating group) is 1. The summed E-state index contributed by atoms with van der Waals surface area (Å²) in [7, 11) is 4.08. The molecule has 0 saturated carbocycles. The van der Waals surface area contributed by atoms with Crippen molar-refractivity contribution in [2.45, 2.75) is 32.7 Å². The van der Waals surface area contributed by atoms with Gasteiger partial charge in [0.1, 0.15) is 5.75 Å². The van der Waals surface area contributed by atoms with Gasteiger partial charge < -0.3 is 20.3 Å². The fourth-order valence-electron chi connectivity index (χ4n) is 3.48. The molecule has 154 valence electrons. The number of aryl methyl sites for hydroxylation is 2. The molecule has 0 fully saturated rings. The smallest absolute Gasteiger partial charge is 0.274 e. The van der Waals surface area contributed by atoms with E-state index in [0.29, 0.717) is 24.7 Å². The summed E-state index contributed by atoms with van der Waals surface area (Å²) in [6.07, 6.45) is 1.51. The van der Waals surface area contributed by atoms with Gasteiger partial charge in [-0.25, -0.2) is 0 Å². The molecule has 2 aromatic heterocycles. The second kappa shape index (κ2) is 9.24. The van der Waals surface area contributed by atoms with Gasteiger partial charge in [0.2, 0.25) is 5.95 Å². The lowest BCUT2D eigenvalue weighted by Gasteiger charge is -2.26. The van der Waals surface area contributed by atoms with Crippen LogP contribution in [0.4, 0.5) is 5.95 Å². The maximum Gasteiger partial charge on any atom is 0.274 e. The zero-order chi connectivity index (χ0) is 21.0. The summed E-state index contributed by atoms with van der Waals surface area (Å²) in [4.78, 5) is 21.5. The van der Waals surface area contributed by atoms with Crippen molar-refractivity contribution in [2.24, 2.45) is 0 Å². The largest absolute Gasteiger partial charge is 0.508 e. The molecule has 6 nitrogen and oxygen atoms in total. The van der Waals surface area contributed by atoms with Gasteiger partial charge >= 0.3 is 0 Å². The van der Waals surface area contributed by atoms with Crippen LogP contribution >= 0.6 is 11.3 Å². The Labute approximate surface area is 175 Å². The lowest BCUT2D eigenvalue weighted by Crippen LogP contribution is -2.37. The molecule has 29 heavy (non-hydrogen) atoms. The molecule has 7 heteroatoms. The number of nitrogens with zero attached hydrogens (tertiary/aromatic N) is 2. The minimum absolute atomic E-state index is 0.197. The third-order valence-corrected chi connectivity index (χ3v) is 5.86. The zero-order valence-corrected chi connectivity index (χ0v) is 18.1. The van der Waals surface area contributed by atoms with E-state index < -0.39 is 0 Å². The minimum atomic E-state index is -0.247. The van der Waals surface area contributed by atoms with Crippen molar-refractivity contribution in [2.75, 3.05) is 26.0 Å². The fourth-order valence-corrected chi connectivity index (χ4v) is 4.15. The number of anilines is 1. The van der Waals surface area contributed by atoms with E-state index in [1.54, 1.807) is 29.5 Å². The van der Waals surface area contributed by atoms with Crippen LogP contribution in [0.15, 0.2) is 39.8 Å². The Morgan fingerprint density at radius 3 is 2.59 bits per heavy atom. The molecule has 2 heterocycles. The molecule has 0 saturated heterocycles. The number of phenolic OH excluding ortho intramolecular Hbond substituents is 1. The Kier molecular flexibility index (Phi) is 6.71. The number of nitrogens with one attached hydrogen (secondary N) is 2. The first-order chi connectivity index (χ1) is 13.8. The van der Waals surface area contributed by atoms with Crippen LogP contribution in [-0.2, 0) is 12.8 Å². The standard InChI is InChI=1S/C22H28N4O2S/c1-14-7-19(27)8-15(2)20(14)11-18(26(3)4)12-23-22-24-17(10-21(28)25-22)9-16-5-6-29-13-16/h5-8,10,13,18,27H,9,11-12H2,1-4H3,(H2,23,24,25,28)/t18-/m0/s1. The topological polar surface area (TPSA) is 81.2 Å². The summed E-state index contributed by atoms with van der Waals surface area (Å²) in [5.74, 6) is 0.793. The number of hydrogen-bond acceptors (Lipinski definition) is 6. The van der Waals surface area contributed by atoms with Gasteiger partial charge in [-0.3, -0.25) is 4.79 Å². The van der Waals surface area contributed by atoms with Crippen LogP contribution in [0.1, 0.15) is 27.9 Å². The Balaban J connectivity index is 1.72. The Morgan fingerprint density at radius 2 is 1.97 bits per heavy atom. The number of aromatic hydroxyl groups is 1. The molecule has 3 rings (SSSR count). The molecular formula is C22H28N4O2S. The molecule has 0 unspecified atom stereocenters. The van der Waals surface area contributed by atoms with Crippen molar-refractivity contribution in [3.63, 3.8) is 0 Å². The Bertz CT molecular complexity index is 989. The molecule has 3 N–H and O–H groups in total. The molecular weight excluding hydrogens is 384 g/mol. The third kappa shape index (κ3) is 5.68. The van der Waals surface area contributed by atoms with Gasteiger partial charge in [-0.1, -0.05) is 0 Å². The SMILES string of the molecule is Cc1cc(O)cc(C)c1C[C@@H](CNc1nc(=O)cc(Cc2ccsc2)[nH]1)N(C)C. The molecule has 3 aromatic rings. The van der Waals surface area contributed by atoms with Crippen molar-refractivity contribution in [3.05, 3.63) is 73.3 Å². The second-order valence-corrected chi connectivity index (χ2v) is 8.44. The van der Waals surface area contributed by atoms with Crippen LogP contribution in [0.25, 0.3) is 0 Å². The maximum absolute atomic E-state index is 12.0. The summed E-state index contributed by atoms with van der Waals surface area (Å²) >= 11 is 1.64. The summed E-state index contributed by atoms with van der Waals surface area (Å²) in [5, 5.41) is 17.2. The highest BCUT2D eigenvalue weighted by molar-refractivity contribution is 7.07. The lowest BCUT2D eigenvalue weighted by atomic mass is 9.95. The fraction of sp³-hybridized carbons (Fsp3) is 0.364. The van der Waals surface area contributed by atoms with Gasteiger partial charge in [0.15, 0.2) is 0 Å². The van der Waals surface area contributed by atoms with Crippen molar-refractivity contribution in [3.8, 4) is 5.75 Å². The van der Waals surface area contributed by atoms with Gasteiger partial charge in [-0.05, 0) is 85.6 Å². The summed E-state index contributed by atoms with van der Waals surface area (Å²) in [6, 6.07) is 7.41. The first-order valence-corrected chi connectivity index (χ1v) is 10.6. The van der Waals surface area contributed by atoms with E-state index in [4.69, 9.17) is 0 Å². The second-order valence-electron chi connectivity index (χ2n) is 7.66. The van der Waals surface area contributed by atoms with E-state index in [1.807, 2.05) is 33.3 Å². The van der Waals surface area contributed by atoms with Crippen LogP contribution in [0.5, 0.6) is 5.75 Å². The Morgan fingerprint density at radius 1 is 1.24 bits per heavy atom. The molecule has 1 atom stereocenters. The number of aromatic nitrogens is 2.